The molecular weight excluding hydrogens is 404 g/mol. The normalized spacial score (nSPS) is 11.3. The van der Waals surface area contributed by atoms with Gasteiger partial charge in [0, 0.05) is 33.2 Å². The van der Waals surface area contributed by atoms with Crippen LogP contribution in [0.3, 0.4) is 0 Å². The van der Waals surface area contributed by atoms with E-state index < -0.39 is 5.60 Å². The first kappa shape index (κ1) is 20.8. The van der Waals surface area contributed by atoms with Crippen molar-refractivity contribution in [2.24, 2.45) is 0 Å². The molecule has 0 aliphatic heterocycles. The van der Waals surface area contributed by atoms with E-state index in [2.05, 4.69) is 121 Å². The second-order valence-electron chi connectivity index (χ2n) is 8.18. The molecule has 3 nitrogen and oxygen atoms in total. The van der Waals surface area contributed by atoms with Crippen LogP contribution in [-0.4, -0.2) is 4.85 Å². The second-order valence-corrected chi connectivity index (χ2v) is 8.18. The Morgan fingerprint density at radius 1 is 0.606 bits per heavy atom. The molecule has 162 valence electrons. The Bertz CT molecular complexity index is 1200. The van der Waals surface area contributed by atoms with Gasteiger partial charge in [-0.05, 0) is 6.92 Å². The zero-order chi connectivity index (χ0) is 22.5. The van der Waals surface area contributed by atoms with Crippen molar-refractivity contribution in [2.75, 3.05) is 0 Å². The van der Waals surface area contributed by atoms with Gasteiger partial charge in [-0.2, -0.15) is 0 Å². The van der Waals surface area contributed by atoms with Crippen LogP contribution in [0.25, 0.3) is 0 Å². The minimum absolute atomic E-state index is 0.711. The Labute approximate surface area is 195 Å². The van der Waals surface area contributed by atoms with E-state index in [0.717, 1.165) is 22.4 Å². The Balaban J connectivity index is 1.71. The van der Waals surface area contributed by atoms with Gasteiger partial charge in [-0.15, -0.1) is 0 Å². The molecule has 0 saturated heterocycles. The van der Waals surface area contributed by atoms with Crippen LogP contribution in [-0.2, 0) is 12.1 Å². The molecule has 1 aromatic heterocycles. The van der Waals surface area contributed by atoms with Crippen molar-refractivity contribution < 1.29 is 9.52 Å². The fourth-order valence-corrected chi connectivity index (χ4v) is 4.34. The van der Waals surface area contributed by atoms with E-state index in [1.165, 1.54) is 5.56 Å². The summed E-state index contributed by atoms with van der Waals surface area (Å²) in [6, 6.07) is 43.9. The lowest BCUT2D eigenvalue weighted by molar-refractivity contribution is -0.795. The molecule has 5 aromatic rings. The summed E-state index contributed by atoms with van der Waals surface area (Å²) < 4.78 is 2.12. The molecule has 33 heavy (non-hydrogen) atoms. The maximum absolute atomic E-state index is 7.11. The van der Waals surface area contributed by atoms with Crippen molar-refractivity contribution in [2.45, 2.75) is 19.1 Å². The first-order valence-electron chi connectivity index (χ1n) is 11.3. The van der Waals surface area contributed by atoms with E-state index in [1.54, 1.807) is 0 Å². The molecule has 0 N–H and O–H groups in total. The monoisotopic (exact) mass is 431 g/mol. The highest BCUT2D eigenvalue weighted by atomic mass is 16.7. The zero-order valence-corrected chi connectivity index (χ0v) is 18.7. The van der Waals surface area contributed by atoms with Gasteiger partial charge in [-0.25, -0.2) is 0 Å². The predicted octanol–water partition coefficient (Wildman–Crippen LogP) is 5.55. The summed E-state index contributed by atoms with van der Waals surface area (Å²) in [5, 5.41) is 0. The molecule has 1 heterocycles. The topological polar surface area (TPSA) is 18.0 Å². The van der Waals surface area contributed by atoms with E-state index in [9.17, 15) is 0 Å². The molecule has 0 radical (unpaired) electrons. The van der Waals surface area contributed by atoms with Crippen molar-refractivity contribution in [3.63, 3.8) is 0 Å². The van der Waals surface area contributed by atoms with Gasteiger partial charge in [0.1, 0.15) is 5.69 Å². The largest absolute Gasteiger partial charge is 0.347 e. The van der Waals surface area contributed by atoms with E-state index in [1.807, 2.05) is 29.1 Å². The molecule has 0 fully saturated rings. The lowest BCUT2D eigenvalue weighted by Crippen LogP contribution is -2.53. The molecular formula is C30H27N2O+. The molecule has 5 rings (SSSR count). The van der Waals surface area contributed by atoms with Gasteiger partial charge in [0.15, 0.2) is 6.20 Å². The molecule has 0 aliphatic carbocycles. The third-order valence-corrected chi connectivity index (χ3v) is 5.97. The molecule has 0 spiro atoms. The summed E-state index contributed by atoms with van der Waals surface area (Å²) in [5.74, 6) is 0. The SMILES string of the molecule is Cc1cc[n+](Cc2ccccc2)n1OC(c1ccccc1)(c1ccccc1)c1ccccc1. The highest BCUT2D eigenvalue weighted by Crippen LogP contribution is 2.38. The maximum atomic E-state index is 7.11. The quantitative estimate of drug-likeness (QED) is 0.244. The fourth-order valence-electron chi connectivity index (χ4n) is 4.34. The van der Waals surface area contributed by atoms with E-state index in [-0.39, 0.29) is 0 Å². The average Bonchev–Trinajstić information content (AvgIpc) is 3.23. The number of rotatable bonds is 7. The molecule has 0 amide bonds. The Morgan fingerprint density at radius 3 is 1.48 bits per heavy atom. The smallest absolute Gasteiger partial charge is 0.216 e. The number of hydrogen-bond acceptors (Lipinski definition) is 1. The van der Waals surface area contributed by atoms with Gasteiger partial charge in [-0.3, -0.25) is 0 Å². The minimum Gasteiger partial charge on any atom is -0.347 e. The number of benzene rings is 4. The number of aromatic nitrogens is 2. The van der Waals surface area contributed by atoms with Crippen LogP contribution in [0.1, 0.15) is 27.9 Å². The summed E-state index contributed by atoms with van der Waals surface area (Å²) in [6.07, 6.45) is 2.08. The molecule has 0 aliphatic rings. The Morgan fingerprint density at radius 2 is 1.03 bits per heavy atom. The highest BCUT2D eigenvalue weighted by molar-refractivity contribution is 5.47. The van der Waals surface area contributed by atoms with Crippen LogP contribution >= 0.6 is 0 Å². The van der Waals surface area contributed by atoms with Crippen LogP contribution < -0.4 is 9.52 Å². The van der Waals surface area contributed by atoms with Crippen LogP contribution in [0.5, 0.6) is 0 Å². The summed E-state index contributed by atoms with van der Waals surface area (Å²) in [7, 11) is 0. The van der Waals surface area contributed by atoms with Gasteiger partial charge in [0.05, 0.1) is 0 Å². The molecule has 0 unspecified atom stereocenters. The van der Waals surface area contributed by atoms with E-state index in [4.69, 9.17) is 4.84 Å². The zero-order valence-electron chi connectivity index (χ0n) is 18.7. The third-order valence-electron chi connectivity index (χ3n) is 5.97. The van der Waals surface area contributed by atoms with Gasteiger partial charge in [0.25, 0.3) is 0 Å². The van der Waals surface area contributed by atoms with Crippen molar-refractivity contribution in [3.05, 3.63) is 162 Å². The number of aryl methyl sites for hydroxylation is 1. The summed E-state index contributed by atoms with van der Waals surface area (Å²) in [5.41, 5.74) is 4.63. The summed E-state index contributed by atoms with van der Waals surface area (Å²) >= 11 is 0. The Kier molecular flexibility index (Phi) is 5.77. The van der Waals surface area contributed by atoms with Gasteiger partial charge in [0.2, 0.25) is 12.1 Å². The molecule has 0 atom stereocenters. The van der Waals surface area contributed by atoms with Crippen LogP contribution in [0.15, 0.2) is 134 Å². The van der Waals surface area contributed by atoms with Crippen molar-refractivity contribution in [1.29, 1.82) is 0 Å². The average molecular weight is 432 g/mol. The lowest BCUT2D eigenvalue weighted by atomic mass is 9.80. The highest BCUT2D eigenvalue weighted by Gasteiger charge is 2.42. The number of nitrogens with zero attached hydrogens (tertiary/aromatic N) is 2. The predicted molar refractivity (Wildman–Crippen MR) is 131 cm³/mol. The summed E-state index contributed by atoms with van der Waals surface area (Å²) in [6.45, 7) is 2.79. The second kappa shape index (κ2) is 9.17. The molecule has 4 aromatic carbocycles. The van der Waals surface area contributed by atoms with E-state index >= 15 is 0 Å². The number of hydrogen-bond donors (Lipinski definition) is 0. The molecule has 0 bridgehead atoms. The summed E-state index contributed by atoms with van der Waals surface area (Å²) in [4.78, 5) is 9.04. The van der Waals surface area contributed by atoms with Crippen molar-refractivity contribution >= 4 is 0 Å². The maximum Gasteiger partial charge on any atom is 0.216 e. The van der Waals surface area contributed by atoms with Crippen molar-refractivity contribution in [3.8, 4) is 0 Å². The van der Waals surface area contributed by atoms with Gasteiger partial charge >= 0.3 is 0 Å². The van der Waals surface area contributed by atoms with Gasteiger partial charge in [-0.1, -0.05) is 126 Å². The minimum atomic E-state index is -0.827. The fraction of sp³-hybridized carbons (Fsp3) is 0.100. The van der Waals surface area contributed by atoms with Gasteiger partial charge < -0.3 is 4.84 Å². The Hall–Kier alpha value is -4.11. The lowest BCUT2D eigenvalue weighted by Gasteiger charge is -2.34. The van der Waals surface area contributed by atoms with Crippen LogP contribution in [0.2, 0.25) is 0 Å². The van der Waals surface area contributed by atoms with E-state index in [0.29, 0.717) is 6.54 Å². The van der Waals surface area contributed by atoms with Crippen molar-refractivity contribution in [1.82, 2.24) is 4.85 Å². The third kappa shape index (κ3) is 4.06. The molecule has 3 heteroatoms. The standard InChI is InChI=1S/C30H27N2O/c1-25-22-23-31(24-26-14-6-2-7-15-26)32(25)33-30(27-16-8-3-9-17-27,28-18-10-4-11-19-28)29-20-12-5-13-21-29/h2-23H,24H2,1H3/q+1. The molecule has 0 saturated carbocycles. The first-order chi connectivity index (χ1) is 16.3. The first-order valence-corrected chi connectivity index (χ1v) is 11.3. The van der Waals surface area contributed by atoms with Crippen LogP contribution in [0.4, 0.5) is 0 Å². The van der Waals surface area contributed by atoms with Crippen LogP contribution in [0, 0.1) is 6.92 Å².